The molecule has 160 valence electrons. The van der Waals surface area contributed by atoms with Crippen LogP contribution in [0.3, 0.4) is 0 Å². The molecule has 1 aliphatic rings. The molecule has 1 fully saturated rings. The molecule has 0 spiro atoms. The Labute approximate surface area is 174 Å². The molecule has 0 aliphatic heterocycles. The van der Waals surface area contributed by atoms with Gasteiger partial charge in [0.25, 0.3) is 5.69 Å². The van der Waals surface area contributed by atoms with Crippen molar-refractivity contribution in [2.75, 3.05) is 0 Å². The fourth-order valence-corrected chi connectivity index (χ4v) is 4.71. The van der Waals surface area contributed by atoms with Crippen molar-refractivity contribution in [3.8, 4) is 6.07 Å². The zero-order chi connectivity index (χ0) is 21.9. The molecule has 0 radical (unpaired) electrons. The number of rotatable bonds is 7. The van der Waals surface area contributed by atoms with Crippen LogP contribution in [0.1, 0.15) is 78.2 Å². The van der Waals surface area contributed by atoms with Crippen LogP contribution in [0.2, 0.25) is 0 Å². The summed E-state index contributed by atoms with van der Waals surface area (Å²) in [6, 6.07) is 5.87. The van der Waals surface area contributed by atoms with Gasteiger partial charge in [-0.15, -0.1) is 0 Å². The fraction of sp³-hybridized carbons (Fsp3) is 0.667. The number of nitriles is 1. The average molecular weight is 424 g/mol. The van der Waals surface area contributed by atoms with Crippen LogP contribution in [0, 0.1) is 32.7 Å². The van der Waals surface area contributed by atoms with Crippen LogP contribution in [0.15, 0.2) is 18.2 Å². The van der Waals surface area contributed by atoms with Crippen molar-refractivity contribution in [2.24, 2.45) is 5.41 Å². The lowest BCUT2D eigenvalue weighted by molar-refractivity contribution is -0.385. The topological polar surface area (TPSA) is 96.0 Å². The molecule has 0 aromatic heterocycles. The second-order valence-electron chi connectivity index (χ2n) is 9.19. The maximum atomic E-state index is 14.8. The van der Waals surface area contributed by atoms with E-state index in [-0.39, 0.29) is 11.3 Å². The van der Waals surface area contributed by atoms with Crippen molar-refractivity contribution < 1.29 is 13.5 Å². The van der Waals surface area contributed by atoms with Crippen molar-refractivity contribution in [2.45, 2.75) is 82.9 Å². The number of hydrogen-bond donors (Lipinski definition) is 1. The summed E-state index contributed by atoms with van der Waals surface area (Å²) in [4.78, 5) is 10.7. The van der Waals surface area contributed by atoms with Gasteiger partial charge in [0.1, 0.15) is 5.82 Å². The van der Waals surface area contributed by atoms with Crippen molar-refractivity contribution in [3.05, 3.63) is 39.7 Å². The first kappa shape index (κ1) is 23.4. The molecule has 6 nitrogen and oxygen atoms in total. The first-order valence-electron chi connectivity index (χ1n) is 9.98. The molecular weight excluding hydrogens is 393 g/mol. The highest BCUT2D eigenvalue weighted by Gasteiger charge is 2.39. The van der Waals surface area contributed by atoms with E-state index in [9.17, 15) is 24.0 Å². The Morgan fingerprint density at radius 2 is 1.90 bits per heavy atom. The van der Waals surface area contributed by atoms with E-state index in [0.717, 1.165) is 44.2 Å². The summed E-state index contributed by atoms with van der Waals surface area (Å²) in [6.45, 7) is 7.13. The van der Waals surface area contributed by atoms with Gasteiger partial charge in [-0.1, -0.05) is 19.3 Å². The van der Waals surface area contributed by atoms with Crippen molar-refractivity contribution in [1.82, 2.24) is 4.72 Å². The van der Waals surface area contributed by atoms with Crippen molar-refractivity contribution >= 4 is 16.7 Å². The van der Waals surface area contributed by atoms with Crippen LogP contribution in [0.5, 0.6) is 0 Å². The molecule has 1 aromatic rings. The van der Waals surface area contributed by atoms with Gasteiger partial charge in [-0.3, -0.25) is 10.1 Å². The van der Waals surface area contributed by atoms with Crippen molar-refractivity contribution in [1.29, 1.82) is 5.26 Å². The van der Waals surface area contributed by atoms with Crippen LogP contribution in [0.4, 0.5) is 10.1 Å². The van der Waals surface area contributed by atoms with Gasteiger partial charge in [-0.25, -0.2) is 13.3 Å². The third kappa shape index (κ3) is 5.61. The maximum Gasteiger partial charge on any atom is 0.269 e. The van der Waals surface area contributed by atoms with Crippen LogP contribution < -0.4 is 4.72 Å². The maximum absolute atomic E-state index is 14.8. The standard InChI is InChI=1S/C21H30FN3O3S/c1-19(2,3)29(28)24-20(4,12-13-21(15-23)10-6-5-7-11-21)17-14-16(25(26)27)8-9-18(17)22/h8-9,14,24H,5-7,10-13H2,1-4H3/t20-,29-/m1/s1. The number of non-ortho nitro benzene ring substituents is 1. The van der Waals surface area contributed by atoms with E-state index < -0.39 is 37.4 Å². The molecule has 0 amide bonds. The molecule has 1 saturated carbocycles. The largest absolute Gasteiger partial charge is 0.269 e. The molecule has 29 heavy (non-hydrogen) atoms. The summed E-state index contributed by atoms with van der Waals surface area (Å²) < 4.78 is 30.1. The zero-order valence-corrected chi connectivity index (χ0v) is 18.4. The Morgan fingerprint density at radius 1 is 1.28 bits per heavy atom. The molecule has 2 rings (SSSR count). The Morgan fingerprint density at radius 3 is 2.41 bits per heavy atom. The number of halogens is 1. The van der Waals surface area contributed by atoms with E-state index in [1.54, 1.807) is 27.7 Å². The minimum Gasteiger partial charge on any atom is -0.258 e. The van der Waals surface area contributed by atoms with Crippen LogP contribution in [-0.4, -0.2) is 13.9 Å². The summed E-state index contributed by atoms with van der Waals surface area (Å²) in [5.74, 6) is -0.592. The molecular formula is C21H30FN3O3S. The van der Waals surface area contributed by atoms with Crippen LogP contribution >= 0.6 is 0 Å². The van der Waals surface area contributed by atoms with Gasteiger partial charge in [-0.05, 0) is 59.4 Å². The number of nitrogens with zero attached hydrogens (tertiary/aromatic N) is 2. The minimum atomic E-state index is -1.52. The number of nitro benzene ring substituents is 1. The van der Waals surface area contributed by atoms with Gasteiger partial charge in [0, 0.05) is 17.7 Å². The summed E-state index contributed by atoms with van der Waals surface area (Å²) >= 11 is 0. The summed E-state index contributed by atoms with van der Waals surface area (Å²) in [5, 5.41) is 21.0. The SMILES string of the molecule is CC(C)(C)[S@@](=O)N[C@](C)(CCC1(C#N)CCCCC1)c1cc([N+](=O)[O-])ccc1F. The van der Waals surface area contributed by atoms with E-state index in [0.29, 0.717) is 12.8 Å². The van der Waals surface area contributed by atoms with E-state index in [4.69, 9.17) is 0 Å². The predicted octanol–water partition coefficient (Wildman–Crippen LogP) is 5.26. The summed E-state index contributed by atoms with van der Waals surface area (Å²) in [6.07, 6.45) is 5.51. The number of benzene rings is 1. The van der Waals surface area contributed by atoms with E-state index >= 15 is 0 Å². The van der Waals surface area contributed by atoms with E-state index in [1.165, 1.54) is 6.07 Å². The second-order valence-corrected chi connectivity index (χ2v) is 11.2. The zero-order valence-electron chi connectivity index (χ0n) is 17.6. The average Bonchev–Trinajstić information content (AvgIpc) is 2.66. The molecule has 8 heteroatoms. The molecule has 0 unspecified atom stereocenters. The lowest BCUT2D eigenvalue weighted by atomic mass is 9.70. The summed E-state index contributed by atoms with van der Waals surface area (Å²) in [5.41, 5.74) is -1.71. The second kappa shape index (κ2) is 8.88. The number of nitro groups is 1. The molecule has 0 saturated heterocycles. The third-order valence-corrected chi connectivity index (χ3v) is 7.53. The Balaban J connectivity index is 2.44. The molecule has 0 heterocycles. The molecule has 1 aromatic carbocycles. The van der Waals surface area contributed by atoms with Gasteiger partial charge in [0.05, 0.1) is 37.7 Å². The fourth-order valence-electron chi connectivity index (χ4n) is 3.78. The van der Waals surface area contributed by atoms with Gasteiger partial charge in [0.2, 0.25) is 0 Å². The number of nitrogens with one attached hydrogen (secondary N) is 1. The van der Waals surface area contributed by atoms with Crippen molar-refractivity contribution in [3.63, 3.8) is 0 Å². The quantitative estimate of drug-likeness (QED) is 0.478. The number of hydrogen-bond acceptors (Lipinski definition) is 4. The lowest BCUT2D eigenvalue weighted by Crippen LogP contribution is -2.47. The van der Waals surface area contributed by atoms with Gasteiger partial charge in [-0.2, -0.15) is 5.26 Å². The Bertz CT molecular complexity index is 825. The van der Waals surface area contributed by atoms with Gasteiger partial charge in [0.15, 0.2) is 0 Å². The molecule has 2 atom stereocenters. The first-order valence-corrected chi connectivity index (χ1v) is 11.1. The molecule has 1 N–H and O–H groups in total. The lowest BCUT2D eigenvalue weighted by Gasteiger charge is -2.38. The highest BCUT2D eigenvalue weighted by atomic mass is 32.2. The van der Waals surface area contributed by atoms with E-state index in [1.807, 2.05) is 0 Å². The molecule has 1 aliphatic carbocycles. The summed E-state index contributed by atoms with van der Waals surface area (Å²) in [7, 11) is -1.52. The monoisotopic (exact) mass is 423 g/mol. The Kier molecular flexibility index (Phi) is 7.18. The smallest absolute Gasteiger partial charge is 0.258 e. The predicted molar refractivity (Wildman–Crippen MR) is 112 cm³/mol. The normalized spacial score (nSPS) is 19.7. The highest BCUT2D eigenvalue weighted by molar-refractivity contribution is 7.84. The third-order valence-electron chi connectivity index (χ3n) is 5.78. The Hall–Kier alpha value is -1.85. The van der Waals surface area contributed by atoms with Crippen LogP contribution in [-0.2, 0) is 16.5 Å². The van der Waals surface area contributed by atoms with Gasteiger partial charge < -0.3 is 0 Å². The molecule has 0 bridgehead atoms. The highest BCUT2D eigenvalue weighted by Crippen LogP contribution is 2.43. The minimum absolute atomic E-state index is 0.105. The van der Waals surface area contributed by atoms with Crippen LogP contribution in [0.25, 0.3) is 0 Å². The van der Waals surface area contributed by atoms with E-state index in [2.05, 4.69) is 10.8 Å². The first-order chi connectivity index (χ1) is 13.4. The van der Waals surface area contributed by atoms with Gasteiger partial charge >= 0.3 is 0 Å².